The summed E-state index contributed by atoms with van der Waals surface area (Å²) < 4.78 is 5.11. The van der Waals surface area contributed by atoms with Gasteiger partial charge < -0.3 is 0 Å². The molecule has 11 aromatic rings. The summed E-state index contributed by atoms with van der Waals surface area (Å²) in [4.78, 5) is 15.3. The highest BCUT2D eigenvalue weighted by molar-refractivity contribution is 7.26. The fraction of sp³-hybridized carbons (Fsp3) is 0. The average molecular weight is 724 g/mol. The van der Waals surface area contributed by atoms with Crippen LogP contribution in [0.3, 0.4) is 0 Å². The first kappa shape index (κ1) is 31.0. The van der Waals surface area contributed by atoms with Crippen LogP contribution < -0.4 is 0 Å². The predicted octanol–water partition coefficient (Wildman–Crippen LogP) is 14.1. The van der Waals surface area contributed by atoms with Gasteiger partial charge in [0.2, 0.25) is 0 Å². The molecule has 0 unspecified atom stereocenters. The summed E-state index contributed by atoms with van der Waals surface area (Å²) in [7, 11) is 0. The van der Waals surface area contributed by atoms with Gasteiger partial charge in [-0.15, -0.1) is 22.7 Å². The normalized spacial score (nSPS) is 11.7. The molecule has 8 aromatic carbocycles. The minimum Gasteiger partial charge on any atom is -0.208 e. The van der Waals surface area contributed by atoms with Crippen molar-refractivity contribution in [3.05, 3.63) is 176 Å². The van der Waals surface area contributed by atoms with Crippen molar-refractivity contribution in [2.24, 2.45) is 0 Å². The van der Waals surface area contributed by atoms with Crippen LogP contribution in [0, 0.1) is 0 Å². The molecule has 252 valence electrons. The maximum atomic E-state index is 5.11. The molecule has 0 aliphatic heterocycles. The molecule has 3 nitrogen and oxygen atoms in total. The highest BCUT2D eigenvalue weighted by Crippen LogP contribution is 2.38. The lowest BCUT2D eigenvalue weighted by Gasteiger charge is -2.10. The van der Waals surface area contributed by atoms with Crippen molar-refractivity contribution in [2.75, 3.05) is 0 Å². The molecule has 0 radical (unpaired) electrons. The third-order valence-corrected chi connectivity index (χ3v) is 12.6. The van der Waals surface area contributed by atoms with Crippen molar-refractivity contribution in [3.8, 4) is 56.4 Å². The second-order valence-corrected chi connectivity index (χ2v) is 15.8. The summed E-state index contributed by atoms with van der Waals surface area (Å²) >= 11 is 3.65. The van der Waals surface area contributed by atoms with Crippen LogP contribution in [0.5, 0.6) is 0 Å². The van der Waals surface area contributed by atoms with Crippen LogP contribution in [-0.4, -0.2) is 15.0 Å². The second kappa shape index (κ2) is 12.6. The standard InChI is InChI=1S/C49H29N3S2/c1-2-8-35-27-36(22-17-30(35)7-1)31-13-18-33(19-14-31)47-50-48(52-49(51-47)38-24-26-42-40-10-4-6-12-44(40)54-46(42)29-38)34-20-15-32(16-21-34)37-23-25-41-39-9-3-5-11-43(39)53-45(41)28-37/h1-29H. The maximum Gasteiger partial charge on any atom is 0.164 e. The number of hydrogen-bond donors (Lipinski definition) is 0. The van der Waals surface area contributed by atoms with Gasteiger partial charge in [-0.05, 0) is 63.4 Å². The Bertz CT molecular complexity index is 3210. The number of hydrogen-bond acceptors (Lipinski definition) is 5. The summed E-state index contributed by atoms with van der Waals surface area (Å²) in [6.07, 6.45) is 0. The van der Waals surface area contributed by atoms with Crippen LogP contribution in [0.15, 0.2) is 176 Å². The second-order valence-electron chi connectivity index (χ2n) is 13.6. The van der Waals surface area contributed by atoms with Crippen LogP contribution in [-0.2, 0) is 0 Å². The number of nitrogens with zero attached hydrogens (tertiary/aromatic N) is 3. The molecular weight excluding hydrogens is 695 g/mol. The first-order valence-corrected chi connectivity index (χ1v) is 19.6. The summed E-state index contributed by atoms with van der Waals surface area (Å²) in [6.45, 7) is 0. The molecule has 0 N–H and O–H groups in total. The highest BCUT2D eigenvalue weighted by Gasteiger charge is 2.15. The van der Waals surface area contributed by atoms with Gasteiger partial charge in [-0.1, -0.05) is 146 Å². The van der Waals surface area contributed by atoms with Crippen LogP contribution >= 0.6 is 22.7 Å². The molecule has 3 heterocycles. The molecule has 0 atom stereocenters. The van der Waals surface area contributed by atoms with E-state index < -0.39 is 0 Å². The van der Waals surface area contributed by atoms with Crippen molar-refractivity contribution in [2.45, 2.75) is 0 Å². The van der Waals surface area contributed by atoms with E-state index in [0.29, 0.717) is 17.5 Å². The van der Waals surface area contributed by atoms with Crippen LogP contribution in [0.4, 0.5) is 0 Å². The molecule has 0 spiro atoms. The van der Waals surface area contributed by atoms with Crippen LogP contribution in [0.25, 0.3) is 108 Å². The molecule has 0 saturated carbocycles. The first-order valence-electron chi connectivity index (χ1n) is 18.0. The van der Waals surface area contributed by atoms with Gasteiger partial charge in [0, 0.05) is 57.0 Å². The Balaban J connectivity index is 0.993. The molecule has 3 aromatic heterocycles. The molecule has 0 aliphatic carbocycles. The van der Waals surface area contributed by atoms with Crippen LogP contribution in [0.1, 0.15) is 0 Å². The first-order chi connectivity index (χ1) is 26.7. The molecule has 0 bridgehead atoms. The van der Waals surface area contributed by atoms with E-state index in [0.717, 1.165) is 27.8 Å². The third kappa shape index (κ3) is 5.36. The lowest BCUT2D eigenvalue weighted by Crippen LogP contribution is -2.00. The number of benzene rings is 8. The van der Waals surface area contributed by atoms with E-state index >= 15 is 0 Å². The fourth-order valence-electron chi connectivity index (χ4n) is 7.53. The zero-order chi connectivity index (χ0) is 35.6. The third-order valence-electron chi connectivity index (χ3n) is 10.4. The average Bonchev–Trinajstić information content (AvgIpc) is 3.81. The summed E-state index contributed by atoms with van der Waals surface area (Å²) in [5.74, 6) is 1.96. The molecule has 5 heteroatoms. The quantitative estimate of drug-likeness (QED) is 0.177. The van der Waals surface area contributed by atoms with Crippen molar-refractivity contribution in [3.63, 3.8) is 0 Å². The van der Waals surface area contributed by atoms with E-state index in [4.69, 9.17) is 15.0 Å². The van der Waals surface area contributed by atoms with E-state index in [2.05, 4.69) is 176 Å². The van der Waals surface area contributed by atoms with Crippen molar-refractivity contribution in [1.82, 2.24) is 15.0 Å². The van der Waals surface area contributed by atoms with Gasteiger partial charge in [0.1, 0.15) is 0 Å². The number of rotatable bonds is 5. The molecule has 0 saturated heterocycles. The SMILES string of the molecule is c1ccc2cc(-c3ccc(-c4nc(-c5ccc(-c6ccc7c(c6)sc6ccccc67)cc5)nc(-c5ccc6c(c5)sc5ccccc56)n4)cc3)ccc2c1. The van der Waals surface area contributed by atoms with Gasteiger partial charge >= 0.3 is 0 Å². The van der Waals surface area contributed by atoms with E-state index in [9.17, 15) is 0 Å². The van der Waals surface area contributed by atoms with Gasteiger partial charge in [-0.2, -0.15) is 0 Å². The van der Waals surface area contributed by atoms with Crippen molar-refractivity contribution in [1.29, 1.82) is 0 Å². The zero-order valence-corrected chi connectivity index (χ0v) is 30.5. The molecule has 0 amide bonds. The Kier molecular flexibility index (Phi) is 7.22. The lowest BCUT2D eigenvalue weighted by molar-refractivity contribution is 1.07. The smallest absolute Gasteiger partial charge is 0.164 e. The van der Waals surface area contributed by atoms with Gasteiger partial charge in [-0.25, -0.2) is 15.0 Å². The summed E-state index contributed by atoms with van der Waals surface area (Å²) in [6, 6.07) is 62.8. The van der Waals surface area contributed by atoms with Crippen molar-refractivity contribution >= 4 is 73.8 Å². The van der Waals surface area contributed by atoms with Gasteiger partial charge in [0.15, 0.2) is 17.5 Å². The Hall–Kier alpha value is -6.53. The molecule has 11 rings (SSSR count). The van der Waals surface area contributed by atoms with Gasteiger partial charge in [-0.3, -0.25) is 0 Å². The Morgan fingerprint density at radius 2 is 0.648 bits per heavy atom. The minimum absolute atomic E-state index is 0.649. The fourth-order valence-corrected chi connectivity index (χ4v) is 9.82. The highest BCUT2D eigenvalue weighted by atomic mass is 32.1. The Morgan fingerprint density at radius 1 is 0.259 bits per heavy atom. The van der Waals surface area contributed by atoms with Gasteiger partial charge in [0.05, 0.1) is 0 Å². The van der Waals surface area contributed by atoms with E-state index in [1.54, 1.807) is 11.3 Å². The maximum absolute atomic E-state index is 5.11. The Morgan fingerprint density at radius 3 is 1.24 bits per heavy atom. The number of thiophene rings is 2. The van der Waals surface area contributed by atoms with Gasteiger partial charge in [0.25, 0.3) is 0 Å². The van der Waals surface area contributed by atoms with E-state index in [-0.39, 0.29) is 0 Å². The largest absolute Gasteiger partial charge is 0.208 e. The topological polar surface area (TPSA) is 38.7 Å². The minimum atomic E-state index is 0.649. The van der Waals surface area contributed by atoms with Crippen molar-refractivity contribution < 1.29 is 0 Å². The summed E-state index contributed by atoms with van der Waals surface area (Å²) in [5, 5.41) is 7.62. The molecule has 0 fully saturated rings. The number of aromatic nitrogens is 3. The Labute approximate surface area is 319 Å². The monoisotopic (exact) mass is 723 g/mol. The zero-order valence-electron chi connectivity index (χ0n) is 28.9. The molecular formula is C49H29N3S2. The van der Waals surface area contributed by atoms with E-state index in [1.165, 1.54) is 62.2 Å². The molecule has 54 heavy (non-hydrogen) atoms. The van der Waals surface area contributed by atoms with Crippen LogP contribution in [0.2, 0.25) is 0 Å². The van der Waals surface area contributed by atoms with E-state index in [1.807, 2.05) is 11.3 Å². The molecule has 0 aliphatic rings. The lowest BCUT2D eigenvalue weighted by atomic mass is 10.00. The number of fused-ring (bicyclic) bond motifs is 7. The summed E-state index contributed by atoms with van der Waals surface area (Å²) in [5.41, 5.74) is 7.55. The predicted molar refractivity (Wildman–Crippen MR) is 230 cm³/mol.